The van der Waals surface area contributed by atoms with Crippen LogP contribution in [0.2, 0.25) is 0 Å². The van der Waals surface area contributed by atoms with E-state index in [1.54, 1.807) is 26.2 Å². The van der Waals surface area contributed by atoms with E-state index >= 15 is 0 Å². The van der Waals surface area contributed by atoms with Gasteiger partial charge in [0.05, 0.1) is 32.5 Å². The summed E-state index contributed by atoms with van der Waals surface area (Å²) in [5.74, 6) is 1.91. The van der Waals surface area contributed by atoms with Crippen LogP contribution in [0.5, 0.6) is 17.2 Å². The highest BCUT2D eigenvalue weighted by atomic mass is 16.5. The third-order valence-electron chi connectivity index (χ3n) is 6.11. The summed E-state index contributed by atoms with van der Waals surface area (Å²) in [7, 11) is 6.67. The Balaban J connectivity index is 1.63. The van der Waals surface area contributed by atoms with Gasteiger partial charge in [-0.2, -0.15) is 0 Å². The van der Waals surface area contributed by atoms with Gasteiger partial charge >= 0.3 is 0 Å². The zero-order valence-corrected chi connectivity index (χ0v) is 19.4. The molecule has 1 aromatic heterocycles. The molecule has 2 amide bonds. The number of carbonyl (C=O) groups excluding carboxylic acids is 2. The van der Waals surface area contributed by atoms with Crippen molar-refractivity contribution >= 4 is 28.4 Å². The number of fused-ring (bicyclic) bond motifs is 1. The molecule has 4 rings (SSSR count). The van der Waals surface area contributed by atoms with Crippen LogP contribution in [0, 0.1) is 0 Å². The lowest BCUT2D eigenvalue weighted by atomic mass is 10.1. The smallest absolute Gasteiger partial charge is 0.270 e. The largest absolute Gasteiger partial charge is 0.497 e. The van der Waals surface area contributed by atoms with E-state index in [0.717, 1.165) is 22.9 Å². The Bertz CT molecular complexity index is 1200. The zero-order valence-electron chi connectivity index (χ0n) is 19.4. The van der Waals surface area contributed by atoms with Crippen molar-refractivity contribution in [2.24, 2.45) is 7.05 Å². The number of ether oxygens (including phenoxy) is 3. The SMILES string of the molecule is COc1ccc(CCNC(=O)c2c(N3CCCC3=O)c3cc(OC)ccc3n2C)c(OC)c1. The van der Waals surface area contributed by atoms with Crippen molar-refractivity contribution in [2.45, 2.75) is 19.3 Å². The second-order valence-electron chi connectivity index (χ2n) is 7.97. The Kier molecular flexibility index (Phi) is 6.44. The predicted octanol–water partition coefficient (Wildman–Crippen LogP) is 3.30. The molecular formula is C25H29N3O5. The number of amides is 2. The Morgan fingerprint density at radius 2 is 1.76 bits per heavy atom. The van der Waals surface area contributed by atoms with Gasteiger partial charge in [-0.3, -0.25) is 9.59 Å². The van der Waals surface area contributed by atoms with Crippen molar-refractivity contribution in [2.75, 3.05) is 39.3 Å². The maximum Gasteiger partial charge on any atom is 0.270 e. The quantitative estimate of drug-likeness (QED) is 0.568. The van der Waals surface area contributed by atoms with Crippen LogP contribution >= 0.6 is 0 Å². The molecule has 1 aliphatic heterocycles. The van der Waals surface area contributed by atoms with Crippen molar-refractivity contribution in [3.63, 3.8) is 0 Å². The van der Waals surface area contributed by atoms with Crippen LogP contribution in [-0.2, 0) is 18.3 Å². The highest BCUT2D eigenvalue weighted by molar-refractivity contribution is 6.14. The van der Waals surface area contributed by atoms with Crippen LogP contribution < -0.4 is 24.4 Å². The maximum absolute atomic E-state index is 13.4. The number of aryl methyl sites for hydroxylation is 1. The van der Waals surface area contributed by atoms with Gasteiger partial charge in [0, 0.05) is 38.0 Å². The Morgan fingerprint density at radius 1 is 1.03 bits per heavy atom. The second-order valence-corrected chi connectivity index (χ2v) is 7.97. The van der Waals surface area contributed by atoms with Gasteiger partial charge in [-0.25, -0.2) is 0 Å². The molecule has 1 aliphatic rings. The minimum atomic E-state index is -0.227. The second kappa shape index (κ2) is 9.44. The lowest BCUT2D eigenvalue weighted by Gasteiger charge is -2.18. The molecule has 1 fully saturated rings. The van der Waals surface area contributed by atoms with Crippen molar-refractivity contribution in [3.8, 4) is 17.2 Å². The normalized spacial score (nSPS) is 13.5. The highest BCUT2D eigenvalue weighted by Gasteiger charge is 2.31. The summed E-state index contributed by atoms with van der Waals surface area (Å²) >= 11 is 0. The molecule has 33 heavy (non-hydrogen) atoms. The first kappa shape index (κ1) is 22.5. The van der Waals surface area contributed by atoms with Crippen LogP contribution in [0.25, 0.3) is 10.9 Å². The molecule has 2 aromatic carbocycles. The highest BCUT2D eigenvalue weighted by Crippen LogP contribution is 2.37. The van der Waals surface area contributed by atoms with E-state index in [9.17, 15) is 9.59 Å². The lowest BCUT2D eigenvalue weighted by Crippen LogP contribution is -2.31. The standard InChI is InChI=1S/C25H29N3O5/c1-27-20-10-9-17(31-2)14-19(20)23(28-13-5-6-22(28)29)24(27)25(30)26-12-11-16-7-8-18(32-3)15-21(16)33-4/h7-10,14-15H,5-6,11-13H2,1-4H3,(H,26,30). The summed E-state index contributed by atoms with van der Waals surface area (Å²) in [6.45, 7) is 1.01. The third-order valence-corrected chi connectivity index (χ3v) is 6.11. The first-order chi connectivity index (χ1) is 16.0. The van der Waals surface area contributed by atoms with Crippen molar-refractivity contribution in [3.05, 3.63) is 47.7 Å². The topological polar surface area (TPSA) is 82.0 Å². The summed E-state index contributed by atoms with van der Waals surface area (Å²) < 4.78 is 17.9. The van der Waals surface area contributed by atoms with Crippen LogP contribution in [0.1, 0.15) is 28.9 Å². The van der Waals surface area contributed by atoms with Gasteiger partial charge in [0.1, 0.15) is 22.9 Å². The predicted molar refractivity (Wildman–Crippen MR) is 127 cm³/mol. The van der Waals surface area contributed by atoms with E-state index in [2.05, 4.69) is 5.32 Å². The molecule has 0 radical (unpaired) electrons. The lowest BCUT2D eigenvalue weighted by molar-refractivity contribution is -0.117. The number of methoxy groups -OCH3 is 3. The van der Waals surface area contributed by atoms with Gasteiger partial charge in [-0.05, 0) is 42.7 Å². The number of rotatable bonds is 8. The molecule has 1 N–H and O–H groups in total. The Labute approximate surface area is 193 Å². The number of hydrogen-bond acceptors (Lipinski definition) is 5. The van der Waals surface area contributed by atoms with Crippen LogP contribution in [0.3, 0.4) is 0 Å². The summed E-state index contributed by atoms with van der Waals surface area (Å²) in [6, 6.07) is 11.3. The molecule has 2 heterocycles. The molecular weight excluding hydrogens is 422 g/mol. The minimum Gasteiger partial charge on any atom is -0.497 e. The molecule has 8 nitrogen and oxygen atoms in total. The fraction of sp³-hybridized carbons (Fsp3) is 0.360. The van der Waals surface area contributed by atoms with E-state index in [1.165, 1.54) is 0 Å². The third kappa shape index (κ3) is 4.20. The molecule has 8 heteroatoms. The average Bonchev–Trinajstić information content (AvgIpc) is 3.38. The number of nitrogens with one attached hydrogen (secondary N) is 1. The fourth-order valence-corrected chi connectivity index (χ4v) is 4.40. The van der Waals surface area contributed by atoms with Crippen molar-refractivity contribution in [1.29, 1.82) is 0 Å². The number of carbonyl (C=O) groups is 2. The van der Waals surface area contributed by atoms with Crippen molar-refractivity contribution < 1.29 is 23.8 Å². The molecule has 0 bridgehead atoms. The fourth-order valence-electron chi connectivity index (χ4n) is 4.40. The zero-order chi connectivity index (χ0) is 23.5. The number of nitrogens with zero attached hydrogens (tertiary/aromatic N) is 2. The van der Waals surface area contributed by atoms with Gasteiger partial charge in [-0.1, -0.05) is 6.07 Å². The van der Waals surface area contributed by atoms with E-state index in [0.29, 0.717) is 54.6 Å². The summed E-state index contributed by atoms with van der Waals surface area (Å²) in [6.07, 6.45) is 1.85. The maximum atomic E-state index is 13.4. The van der Waals surface area contributed by atoms with Crippen LogP contribution in [-0.4, -0.2) is 50.8 Å². The number of aromatic nitrogens is 1. The van der Waals surface area contributed by atoms with Gasteiger partial charge in [0.25, 0.3) is 5.91 Å². The van der Waals surface area contributed by atoms with E-state index in [-0.39, 0.29) is 11.8 Å². The molecule has 1 saturated heterocycles. The van der Waals surface area contributed by atoms with Gasteiger partial charge in [0.2, 0.25) is 5.91 Å². The van der Waals surface area contributed by atoms with Crippen LogP contribution in [0.15, 0.2) is 36.4 Å². The van der Waals surface area contributed by atoms with Gasteiger partial charge < -0.3 is 29.0 Å². The summed E-state index contributed by atoms with van der Waals surface area (Å²) in [5.41, 5.74) is 2.95. The molecule has 0 saturated carbocycles. The molecule has 3 aromatic rings. The van der Waals surface area contributed by atoms with E-state index in [1.807, 2.05) is 48.0 Å². The van der Waals surface area contributed by atoms with Crippen LogP contribution in [0.4, 0.5) is 5.69 Å². The molecule has 0 unspecified atom stereocenters. The molecule has 0 aliphatic carbocycles. The Hall–Kier alpha value is -3.68. The van der Waals surface area contributed by atoms with Gasteiger partial charge in [-0.15, -0.1) is 0 Å². The first-order valence-electron chi connectivity index (χ1n) is 10.9. The van der Waals surface area contributed by atoms with E-state index in [4.69, 9.17) is 14.2 Å². The summed E-state index contributed by atoms with van der Waals surface area (Å²) in [4.78, 5) is 27.7. The number of hydrogen-bond donors (Lipinski definition) is 1. The molecule has 174 valence electrons. The monoisotopic (exact) mass is 451 g/mol. The average molecular weight is 452 g/mol. The molecule has 0 atom stereocenters. The van der Waals surface area contributed by atoms with E-state index < -0.39 is 0 Å². The number of anilines is 1. The summed E-state index contributed by atoms with van der Waals surface area (Å²) in [5, 5.41) is 3.85. The number of benzene rings is 2. The molecule has 0 spiro atoms. The Morgan fingerprint density at radius 3 is 2.42 bits per heavy atom. The first-order valence-corrected chi connectivity index (χ1v) is 10.9. The van der Waals surface area contributed by atoms with Crippen molar-refractivity contribution in [1.82, 2.24) is 9.88 Å². The minimum absolute atomic E-state index is 0.0299. The van der Waals surface area contributed by atoms with Gasteiger partial charge in [0.15, 0.2) is 0 Å².